The number of thioether (sulfide) groups is 1. The number of hydrazone groups is 1. The summed E-state index contributed by atoms with van der Waals surface area (Å²) >= 11 is 1.48. The van der Waals surface area contributed by atoms with Gasteiger partial charge in [0.2, 0.25) is 0 Å². The molecule has 0 aromatic heterocycles. The number of nitrogens with two attached hydrogens (primary N) is 2. The average Bonchev–Trinajstić information content (AvgIpc) is 1.83. The Kier molecular flexibility index (Phi) is 4.54. The Bertz CT molecular complexity index is 81.4. The normalized spacial score (nSPS) is 11.9. The van der Waals surface area contributed by atoms with E-state index in [1.165, 1.54) is 11.8 Å². The van der Waals surface area contributed by atoms with E-state index in [9.17, 15) is 0 Å². The summed E-state index contributed by atoms with van der Waals surface area (Å²) in [5.41, 5.74) is 5.25. The lowest BCUT2D eigenvalue weighted by Gasteiger charge is -1.92. The van der Waals surface area contributed by atoms with Crippen molar-refractivity contribution >= 4 is 16.9 Å². The van der Waals surface area contributed by atoms with E-state index in [4.69, 9.17) is 11.6 Å². The molecule has 48 valence electrons. The van der Waals surface area contributed by atoms with Crippen LogP contribution >= 0.6 is 11.8 Å². The molecule has 0 aliphatic rings. The highest BCUT2D eigenvalue weighted by Gasteiger charge is 1.87. The second-order valence-electron chi connectivity index (χ2n) is 1.32. The zero-order valence-corrected chi connectivity index (χ0v) is 5.74. The first-order chi connectivity index (χ1) is 3.81. The van der Waals surface area contributed by atoms with Crippen molar-refractivity contribution in [2.75, 3.05) is 5.75 Å². The van der Waals surface area contributed by atoms with Crippen molar-refractivity contribution in [1.29, 1.82) is 0 Å². The standard InChI is InChI=1S/C4H11N3S/c1-2-3-8-4(5)7-6/h2-3,6H2,1H3,(H2,5,7). The molecule has 0 saturated carbocycles. The third-order valence-electron chi connectivity index (χ3n) is 0.581. The van der Waals surface area contributed by atoms with Crippen LogP contribution in [0.3, 0.4) is 0 Å². The highest BCUT2D eigenvalue weighted by atomic mass is 32.2. The summed E-state index contributed by atoms with van der Waals surface area (Å²) in [6.07, 6.45) is 1.10. The van der Waals surface area contributed by atoms with Gasteiger partial charge in [0.1, 0.15) is 0 Å². The first-order valence-corrected chi connectivity index (χ1v) is 3.46. The van der Waals surface area contributed by atoms with Crippen molar-refractivity contribution in [3.05, 3.63) is 0 Å². The minimum absolute atomic E-state index is 0.465. The van der Waals surface area contributed by atoms with E-state index >= 15 is 0 Å². The predicted molar refractivity (Wildman–Crippen MR) is 38.6 cm³/mol. The average molecular weight is 133 g/mol. The molecule has 0 heterocycles. The van der Waals surface area contributed by atoms with Gasteiger partial charge < -0.3 is 11.6 Å². The topological polar surface area (TPSA) is 64.4 Å². The van der Waals surface area contributed by atoms with Crippen LogP contribution in [-0.4, -0.2) is 10.9 Å². The maximum Gasteiger partial charge on any atom is 0.177 e. The van der Waals surface area contributed by atoms with Crippen molar-refractivity contribution in [1.82, 2.24) is 0 Å². The van der Waals surface area contributed by atoms with Crippen molar-refractivity contribution in [3.8, 4) is 0 Å². The van der Waals surface area contributed by atoms with Crippen LogP contribution in [0.25, 0.3) is 0 Å². The summed E-state index contributed by atoms with van der Waals surface area (Å²) in [5, 5.41) is 3.75. The second-order valence-corrected chi connectivity index (χ2v) is 2.43. The van der Waals surface area contributed by atoms with Gasteiger partial charge in [0.05, 0.1) is 0 Å². The minimum Gasteiger partial charge on any atom is -0.377 e. The Morgan fingerprint density at radius 2 is 2.38 bits per heavy atom. The Balaban J connectivity index is 3.12. The number of nitrogens with zero attached hydrogens (tertiary/aromatic N) is 1. The molecule has 0 aromatic rings. The molecule has 4 N–H and O–H groups in total. The highest BCUT2D eigenvalue weighted by Crippen LogP contribution is 1.99. The van der Waals surface area contributed by atoms with Crippen LogP contribution in [0.2, 0.25) is 0 Å². The third kappa shape index (κ3) is 3.80. The number of rotatable bonds is 2. The van der Waals surface area contributed by atoms with Gasteiger partial charge in [-0.25, -0.2) is 0 Å². The van der Waals surface area contributed by atoms with E-state index in [1.54, 1.807) is 0 Å². The molecule has 0 spiro atoms. The molecule has 0 fully saturated rings. The molecule has 0 atom stereocenters. The van der Waals surface area contributed by atoms with Gasteiger partial charge >= 0.3 is 0 Å². The zero-order chi connectivity index (χ0) is 6.41. The molecule has 0 unspecified atom stereocenters. The fourth-order valence-corrected chi connectivity index (χ4v) is 0.732. The van der Waals surface area contributed by atoms with Gasteiger partial charge in [-0.2, -0.15) is 5.10 Å². The van der Waals surface area contributed by atoms with Crippen LogP contribution in [0.5, 0.6) is 0 Å². The van der Waals surface area contributed by atoms with E-state index in [-0.39, 0.29) is 0 Å². The predicted octanol–water partition coefficient (Wildman–Crippen LogP) is 0.318. The van der Waals surface area contributed by atoms with Crippen molar-refractivity contribution in [2.45, 2.75) is 13.3 Å². The Labute approximate surface area is 53.5 Å². The van der Waals surface area contributed by atoms with Gasteiger partial charge in [-0.15, -0.1) is 0 Å². The monoisotopic (exact) mass is 133 g/mol. The first-order valence-electron chi connectivity index (χ1n) is 2.47. The van der Waals surface area contributed by atoms with Gasteiger partial charge in [-0.05, 0) is 6.42 Å². The van der Waals surface area contributed by atoms with Crippen molar-refractivity contribution in [3.63, 3.8) is 0 Å². The maximum atomic E-state index is 5.25. The van der Waals surface area contributed by atoms with E-state index in [0.717, 1.165) is 12.2 Å². The van der Waals surface area contributed by atoms with Crippen molar-refractivity contribution in [2.24, 2.45) is 16.7 Å². The molecule has 0 radical (unpaired) electrons. The van der Waals surface area contributed by atoms with Crippen molar-refractivity contribution < 1.29 is 0 Å². The quantitative estimate of drug-likeness (QED) is 0.247. The van der Waals surface area contributed by atoms with E-state index in [0.29, 0.717) is 5.17 Å². The molecule has 0 aromatic carbocycles. The molecule has 0 bridgehead atoms. The maximum absolute atomic E-state index is 5.25. The smallest absolute Gasteiger partial charge is 0.177 e. The molecule has 3 nitrogen and oxygen atoms in total. The number of hydrogen-bond donors (Lipinski definition) is 2. The van der Waals surface area contributed by atoms with Gasteiger partial charge in [0.25, 0.3) is 0 Å². The van der Waals surface area contributed by atoms with Crippen LogP contribution in [0, 0.1) is 0 Å². The van der Waals surface area contributed by atoms with E-state index < -0.39 is 0 Å². The van der Waals surface area contributed by atoms with Crippen LogP contribution in [-0.2, 0) is 0 Å². The lowest BCUT2D eigenvalue weighted by atomic mass is 10.6. The van der Waals surface area contributed by atoms with Crippen LogP contribution in [0.4, 0.5) is 0 Å². The molecule has 0 saturated heterocycles. The lowest BCUT2D eigenvalue weighted by molar-refractivity contribution is 1.11. The largest absolute Gasteiger partial charge is 0.377 e. The van der Waals surface area contributed by atoms with Crippen LogP contribution < -0.4 is 11.6 Å². The summed E-state index contributed by atoms with van der Waals surface area (Å²) in [6, 6.07) is 0. The summed E-state index contributed by atoms with van der Waals surface area (Å²) < 4.78 is 0. The molecule has 4 heteroatoms. The number of hydrogen-bond acceptors (Lipinski definition) is 3. The molecule has 0 aliphatic heterocycles. The summed E-state index contributed by atoms with van der Waals surface area (Å²) in [5.74, 6) is 5.85. The molecule has 8 heavy (non-hydrogen) atoms. The van der Waals surface area contributed by atoms with Crippen LogP contribution in [0.15, 0.2) is 5.10 Å². The van der Waals surface area contributed by atoms with Gasteiger partial charge in [-0.1, -0.05) is 18.7 Å². The molecular formula is C4H11N3S. The molecule has 0 rings (SSSR count). The van der Waals surface area contributed by atoms with Gasteiger partial charge in [0, 0.05) is 5.75 Å². The molecule has 0 amide bonds. The van der Waals surface area contributed by atoms with Crippen LogP contribution in [0.1, 0.15) is 13.3 Å². The fourth-order valence-electron chi connectivity index (χ4n) is 0.244. The molecular weight excluding hydrogens is 122 g/mol. The van der Waals surface area contributed by atoms with E-state index in [2.05, 4.69) is 12.0 Å². The summed E-state index contributed by atoms with van der Waals surface area (Å²) in [7, 11) is 0. The SMILES string of the molecule is CCCS/C(N)=N\N. The molecule has 0 aliphatic carbocycles. The Morgan fingerprint density at radius 1 is 1.75 bits per heavy atom. The lowest BCUT2D eigenvalue weighted by Crippen LogP contribution is -2.09. The zero-order valence-electron chi connectivity index (χ0n) is 4.92. The highest BCUT2D eigenvalue weighted by molar-refractivity contribution is 8.13. The first kappa shape index (κ1) is 7.62. The van der Waals surface area contributed by atoms with E-state index in [1.807, 2.05) is 0 Å². The Hall–Kier alpha value is -0.380. The third-order valence-corrected chi connectivity index (χ3v) is 1.59. The van der Waals surface area contributed by atoms with Gasteiger partial charge in [-0.3, -0.25) is 0 Å². The van der Waals surface area contributed by atoms with Gasteiger partial charge in [0.15, 0.2) is 5.17 Å². The summed E-state index contributed by atoms with van der Waals surface area (Å²) in [6.45, 7) is 2.08. The summed E-state index contributed by atoms with van der Waals surface area (Å²) in [4.78, 5) is 0. The minimum atomic E-state index is 0.465. The Morgan fingerprint density at radius 3 is 2.75 bits per heavy atom. The second kappa shape index (κ2) is 4.77. The fraction of sp³-hybridized carbons (Fsp3) is 0.750. The number of amidine groups is 1.